The second kappa shape index (κ2) is 6.70. The van der Waals surface area contributed by atoms with Crippen molar-refractivity contribution in [1.29, 1.82) is 0 Å². The van der Waals surface area contributed by atoms with E-state index in [0.717, 1.165) is 0 Å². The lowest BCUT2D eigenvalue weighted by Gasteiger charge is -1.85. The molecule has 0 aliphatic rings. The molecule has 9 heteroatoms. The number of carboxylic acids is 2. The fourth-order valence-corrected chi connectivity index (χ4v) is 0.433. The van der Waals surface area contributed by atoms with Crippen LogP contribution in [0.4, 0.5) is 0 Å². The third-order valence-corrected chi connectivity index (χ3v) is 1.05. The number of carbonyl (C=O) groups excluding carboxylic acids is 2. The van der Waals surface area contributed by atoms with E-state index in [-0.39, 0.29) is 12.0 Å². The van der Waals surface area contributed by atoms with E-state index in [1.54, 1.807) is 0 Å². The summed E-state index contributed by atoms with van der Waals surface area (Å²) in [6.45, 7) is 0. The van der Waals surface area contributed by atoms with Crippen molar-refractivity contribution >= 4 is 24.0 Å². The maximum atomic E-state index is 10.5. The minimum Gasteiger partial charge on any atom is -0.473 e. The Morgan fingerprint density at radius 1 is 1.19 bits per heavy atom. The zero-order chi connectivity index (χ0) is 12.6. The van der Waals surface area contributed by atoms with E-state index in [0.29, 0.717) is 0 Å². The van der Waals surface area contributed by atoms with Crippen LogP contribution in [-0.2, 0) is 14.4 Å². The van der Waals surface area contributed by atoms with Crippen molar-refractivity contribution in [3.05, 3.63) is 18.0 Å². The molecule has 16 heavy (non-hydrogen) atoms. The topological polar surface area (TPSA) is 147 Å². The molecule has 0 aromatic carbocycles. The fraction of sp³-hybridized carbons (Fsp3) is 0. The molecule has 0 spiro atoms. The van der Waals surface area contributed by atoms with Crippen molar-refractivity contribution in [1.82, 2.24) is 15.4 Å². The third kappa shape index (κ3) is 5.11. The Kier molecular flexibility index (Phi) is 5.57. The normalized spacial score (nSPS) is 8.25. The molecule has 0 bridgehead atoms. The van der Waals surface area contributed by atoms with Crippen LogP contribution in [0.25, 0.3) is 0 Å². The highest BCUT2D eigenvalue weighted by molar-refractivity contribution is 6.32. The minimum absolute atomic E-state index is 0.0185. The Labute approximate surface area is 87.7 Å². The molecule has 0 aliphatic carbocycles. The zero-order valence-corrected chi connectivity index (χ0v) is 7.60. The summed E-state index contributed by atoms with van der Waals surface area (Å²) in [5.74, 6) is -4.33. The molecular formula is C7H5N3O6. The Bertz CT molecular complexity index is 392. The average molecular weight is 227 g/mol. The first-order valence-corrected chi connectivity index (χ1v) is 3.59. The van der Waals surface area contributed by atoms with Gasteiger partial charge in [0.2, 0.25) is 5.78 Å². The van der Waals surface area contributed by atoms with Crippen molar-refractivity contribution in [3.63, 3.8) is 0 Å². The first-order valence-electron chi connectivity index (χ1n) is 3.59. The SMILES string of the molecule is O=C(O)C(=O)O.O=CC(=O)c1ccnnn1. The van der Waals surface area contributed by atoms with Gasteiger partial charge >= 0.3 is 11.9 Å². The van der Waals surface area contributed by atoms with Crippen LogP contribution in [0.15, 0.2) is 12.3 Å². The van der Waals surface area contributed by atoms with E-state index in [2.05, 4.69) is 15.4 Å². The predicted molar refractivity (Wildman–Crippen MR) is 45.5 cm³/mol. The van der Waals surface area contributed by atoms with Gasteiger partial charge in [0.15, 0.2) is 6.29 Å². The van der Waals surface area contributed by atoms with Gasteiger partial charge < -0.3 is 10.2 Å². The van der Waals surface area contributed by atoms with Crippen molar-refractivity contribution in [2.75, 3.05) is 0 Å². The summed E-state index contributed by atoms with van der Waals surface area (Å²) in [7, 11) is 0. The molecule has 1 heterocycles. The molecule has 0 fully saturated rings. The van der Waals surface area contributed by atoms with Crippen molar-refractivity contribution in [3.8, 4) is 0 Å². The number of carbonyl (C=O) groups is 4. The molecule has 1 aromatic heterocycles. The maximum Gasteiger partial charge on any atom is 0.414 e. The maximum absolute atomic E-state index is 10.5. The summed E-state index contributed by atoms with van der Waals surface area (Å²) in [6.07, 6.45) is 1.48. The van der Waals surface area contributed by atoms with E-state index >= 15 is 0 Å². The number of aromatic nitrogens is 3. The van der Waals surface area contributed by atoms with Gasteiger partial charge in [-0.3, -0.25) is 9.59 Å². The Morgan fingerprint density at radius 2 is 1.75 bits per heavy atom. The molecule has 1 rings (SSSR count). The van der Waals surface area contributed by atoms with Crippen LogP contribution < -0.4 is 0 Å². The van der Waals surface area contributed by atoms with E-state index < -0.39 is 17.7 Å². The van der Waals surface area contributed by atoms with Crippen LogP contribution >= 0.6 is 0 Å². The molecule has 0 saturated carbocycles. The molecular weight excluding hydrogens is 222 g/mol. The first-order chi connectivity index (χ1) is 7.49. The third-order valence-electron chi connectivity index (χ3n) is 1.05. The highest BCUT2D eigenvalue weighted by Gasteiger charge is 2.04. The minimum atomic E-state index is -1.82. The molecule has 0 unspecified atom stereocenters. The first kappa shape index (κ1) is 13.3. The quantitative estimate of drug-likeness (QED) is 0.346. The molecule has 0 amide bonds. The number of rotatable bonds is 2. The lowest BCUT2D eigenvalue weighted by Crippen LogP contribution is -2.09. The molecule has 9 nitrogen and oxygen atoms in total. The van der Waals surface area contributed by atoms with Crippen LogP contribution in [-0.4, -0.2) is 49.6 Å². The van der Waals surface area contributed by atoms with Gasteiger partial charge in [-0.2, -0.15) is 0 Å². The van der Waals surface area contributed by atoms with Crippen LogP contribution in [0.3, 0.4) is 0 Å². The van der Waals surface area contributed by atoms with E-state index in [4.69, 9.17) is 19.8 Å². The highest BCUT2D eigenvalue weighted by atomic mass is 16.4. The van der Waals surface area contributed by atoms with Crippen LogP contribution in [0.1, 0.15) is 10.5 Å². The van der Waals surface area contributed by atoms with Crippen molar-refractivity contribution in [2.45, 2.75) is 0 Å². The van der Waals surface area contributed by atoms with Crippen molar-refractivity contribution < 1.29 is 29.4 Å². The van der Waals surface area contributed by atoms with E-state index in [1.165, 1.54) is 12.3 Å². The summed E-state index contributed by atoms with van der Waals surface area (Å²) >= 11 is 0. The number of nitrogens with zero attached hydrogens (tertiary/aromatic N) is 3. The highest BCUT2D eigenvalue weighted by Crippen LogP contribution is 1.87. The summed E-state index contributed by atoms with van der Waals surface area (Å²) in [5, 5.41) is 24.6. The van der Waals surface area contributed by atoms with Gasteiger partial charge in [0.25, 0.3) is 0 Å². The summed E-state index contributed by atoms with van der Waals surface area (Å²) in [6, 6.07) is 1.32. The Morgan fingerprint density at radius 3 is 2.06 bits per heavy atom. The largest absolute Gasteiger partial charge is 0.473 e. The zero-order valence-electron chi connectivity index (χ0n) is 7.60. The van der Waals surface area contributed by atoms with Gasteiger partial charge in [0.05, 0.1) is 6.20 Å². The number of Topliss-reactive ketones (excluding diaryl/α,β-unsaturated/α-hetero) is 1. The molecule has 0 aliphatic heterocycles. The number of hydrogen-bond acceptors (Lipinski definition) is 7. The molecule has 0 saturated heterocycles. The molecule has 1 aromatic rings. The van der Waals surface area contributed by atoms with Crippen LogP contribution in [0.5, 0.6) is 0 Å². The lowest BCUT2D eigenvalue weighted by atomic mass is 10.3. The van der Waals surface area contributed by atoms with Gasteiger partial charge in [-0.05, 0) is 11.3 Å². The van der Waals surface area contributed by atoms with Gasteiger partial charge in [0.1, 0.15) is 5.69 Å². The molecule has 2 N–H and O–H groups in total. The van der Waals surface area contributed by atoms with Gasteiger partial charge in [-0.15, -0.1) is 10.2 Å². The number of aldehydes is 1. The van der Waals surface area contributed by atoms with Gasteiger partial charge in [0, 0.05) is 0 Å². The lowest BCUT2D eigenvalue weighted by molar-refractivity contribution is -0.159. The van der Waals surface area contributed by atoms with Crippen molar-refractivity contribution in [2.24, 2.45) is 0 Å². The Balaban J connectivity index is 0.000000325. The summed E-state index contributed by atoms with van der Waals surface area (Å²) in [5.41, 5.74) is 0.0185. The summed E-state index contributed by atoms with van der Waals surface area (Å²) < 4.78 is 0. The van der Waals surface area contributed by atoms with Gasteiger partial charge in [-0.25, -0.2) is 9.59 Å². The number of aliphatic carboxylic acids is 2. The van der Waals surface area contributed by atoms with Gasteiger partial charge in [-0.1, -0.05) is 0 Å². The number of ketones is 1. The monoisotopic (exact) mass is 227 g/mol. The summed E-state index contributed by atoms with van der Waals surface area (Å²) in [4.78, 5) is 38.6. The average Bonchev–Trinajstić information content (AvgIpc) is 2.30. The Hall–Kier alpha value is -2.71. The second-order valence-electron chi connectivity index (χ2n) is 2.10. The van der Waals surface area contributed by atoms with E-state index in [9.17, 15) is 9.59 Å². The standard InChI is InChI=1S/C5H3N3O2.C2H2O4/c9-3-5(10)4-1-2-6-8-7-4;3-1(4)2(5)6/h1-3H;(H,3,4)(H,5,6). The second-order valence-corrected chi connectivity index (χ2v) is 2.10. The molecule has 84 valence electrons. The number of carboxylic acid groups (broad SMARTS) is 2. The molecule has 0 radical (unpaired) electrons. The van der Waals surface area contributed by atoms with E-state index in [1.807, 2.05) is 0 Å². The fourth-order valence-electron chi connectivity index (χ4n) is 0.433. The van der Waals surface area contributed by atoms with Crippen LogP contribution in [0, 0.1) is 0 Å². The molecule has 0 atom stereocenters. The smallest absolute Gasteiger partial charge is 0.414 e. The number of hydrogen-bond donors (Lipinski definition) is 2. The van der Waals surface area contributed by atoms with Crippen LogP contribution in [0.2, 0.25) is 0 Å². The predicted octanol–water partition coefficient (Wildman–Crippen LogP) is -1.59.